The zero-order valence-corrected chi connectivity index (χ0v) is 22.7. The zero-order chi connectivity index (χ0) is 31.4. The minimum Gasteiger partial charge on any atom is -0.507 e. The Morgan fingerprint density at radius 3 is 1.81 bits per heavy atom. The Kier molecular flexibility index (Phi) is 10.6. The molecule has 2 heterocycles. The summed E-state index contributed by atoms with van der Waals surface area (Å²) in [6.45, 7) is -1.79. The molecule has 0 saturated carbocycles. The van der Waals surface area contributed by atoms with Gasteiger partial charge in [-0.1, -0.05) is 18.2 Å². The van der Waals surface area contributed by atoms with Gasteiger partial charge in [-0.15, -0.1) is 0 Å². The lowest BCUT2D eigenvalue weighted by atomic mass is 9.99. The van der Waals surface area contributed by atoms with Crippen molar-refractivity contribution in [2.24, 2.45) is 0 Å². The van der Waals surface area contributed by atoms with Gasteiger partial charge in [0, 0.05) is 5.56 Å². The lowest BCUT2D eigenvalue weighted by Crippen LogP contribution is -2.60. The number of carbonyl (C=O) groups excluding carboxylic acids is 1. The maximum Gasteiger partial charge on any atom is 0.346 e. The number of aliphatic hydroxyl groups is 8. The van der Waals surface area contributed by atoms with E-state index in [2.05, 4.69) is 0 Å². The van der Waals surface area contributed by atoms with Crippen LogP contribution in [0.5, 0.6) is 23.0 Å². The van der Waals surface area contributed by atoms with Crippen LogP contribution in [0.25, 0.3) is 0 Å². The molecule has 16 nitrogen and oxygen atoms in total. The van der Waals surface area contributed by atoms with Gasteiger partial charge in [0.15, 0.2) is 11.5 Å². The maximum atomic E-state index is 13.1. The van der Waals surface area contributed by atoms with Crippen LogP contribution in [0.4, 0.5) is 0 Å². The number of rotatable bonds is 10. The lowest BCUT2D eigenvalue weighted by Gasteiger charge is -2.39. The second-order valence-electron chi connectivity index (χ2n) is 9.81. The summed E-state index contributed by atoms with van der Waals surface area (Å²) < 4.78 is 32.6. The second-order valence-corrected chi connectivity index (χ2v) is 9.81. The fraction of sp³-hybridized carbons (Fsp3) is 0.519. The van der Waals surface area contributed by atoms with Crippen molar-refractivity contribution < 1.29 is 79.2 Å². The van der Waals surface area contributed by atoms with Gasteiger partial charge in [0.2, 0.25) is 12.6 Å². The summed E-state index contributed by atoms with van der Waals surface area (Å²) in [5, 5.41) is 90.0. The number of benzene rings is 2. The SMILES string of the molecule is COc1c(O[C@@H]2O[C@@H](CO)[C@@H](O)[C@H](O)[C@H]2O)ccc(O)c1C(=O)OCc1ccccc1O[C@H]1O[C@@H](CO)[C@H](O)[C@@H](O)[C@H]1O. The Morgan fingerprint density at radius 1 is 0.744 bits per heavy atom. The van der Waals surface area contributed by atoms with E-state index in [9.17, 15) is 50.8 Å². The van der Waals surface area contributed by atoms with Crippen molar-refractivity contribution in [2.45, 2.75) is 68.0 Å². The van der Waals surface area contributed by atoms with Gasteiger partial charge in [0.05, 0.1) is 20.3 Å². The highest BCUT2D eigenvalue weighted by Gasteiger charge is 2.46. The van der Waals surface area contributed by atoms with Gasteiger partial charge in [-0.25, -0.2) is 4.79 Å². The minimum atomic E-state index is -1.76. The summed E-state index contributed by atoms with van der Waals surface area (Å²) in [5.74, 6) is -2.13. The van der Waals surface area contributed by atoms with E-state index in [1.54, 1.807) is 12.1 Å². The van der Waals surface area contributed by atoms with Crippen molar-refractivity contribution in [1.29, 1.82) is 0 Å². The summed E-state index contributed by atoms with van der Waals surface area (Å²) in [6.07, 6.45) is -15.6. The summed E-state index contributed by atoms with van der Waals surface area (Å²) >= 11 is 0. The van der Waals surface area contributed by atoms with E-state index in [4.69, 9.17) is 28.4 Å². The van der Waals surface area contributed by atoms with E-state index in [0.717, 1.165) is 13.2 Å². The monoisotopic (exact) mass is 614 g/mol. The number of esters is 1. The van der Waals surface area contributed by atoms with Crippen LogP contribution in [0.2, 0.25) is 0 Å². The lowest BCUT2D eigenvalue weighted by molar-refractivity contribution is -0.277. The van der Waals surface area contributed by atoms with Crippen molar-refractivity contribution in [3.8, 4) is 23.0 Å². The average Bonchev–Trinajstić information content (AvgIpc) is 3.01. The Morgan fingerprint density at radius 2 is 1.28 bits per heavy atom. The van der Waals surface area contributed by atoms with Crippen LogP contribution in [0.15, 0.2) is 36.4 Å². The van der Waals surface area contributed by atoms with Gasteiger partial charge in [-0.3, -0.25) is 0 Å². The summed E-state index contributed by atoms with van der Waals surface area (Å²) in [4.78, 5) is 13.1. The molecule has 238 valence electrons. The number of phenolic OH excluding ortho intramolecular Hbond substituents is 1. The first-order valence-corrected chi connectivity index (χ1v) is 13.1. The smallest absolute Gasteiger partial charge is 0.346 e. The third-order valence-electron chi connectivity index (χ3n) is 7.02. The minimum absolute atomic E-state index is 0.0653. The Balaban J connectivity index is 1.50. The van der Waals surface area contributed by atoms with E-state index in [1.807, 2.05) is 0 Å². The van der Waals surface area contributed by atoms with Gasteiger partial charge in [0.25, 0.3) is 0 Å². The molecule has 43 heavy (non-hydrogen) atoms. The van der Waals surface area contributed by atoms with E-state index < -0.39 is 98.5 Å². The predicted octanol–water partition coefficient (Wildman–Crippen LogP) is -2.88. The molecular formula is C27H34O16. The van der Waals surface area contributed by atoms with Crippen molar-refractivity contribution in [3.63, 3.8) is 0 Å². The standard InChI is InChI=1S/C27H34O16/c1-38-24-14(41-27-23(36)21(34)19(32)16(9-29)43-27)7-6-12(30)17(24)25(37)39-10-11-4-2-3-5-13(11)40-26-22(35)20(33)18(31)15(8-28)42-26/h2-7,15-16,18-23,26-36H,8-10H2,1H3/t15-,16-,18-,19+,20+,21-,22+,23+,26-,27+/m0/s1. The summed E-state index contributed by atoms with van der Waals surface area (Å²) in [5.41, 5.74) is -0.211. The Hall–Kier alpha value is -3.29. The molecule has 2 saturated heterocycles. The van der Waals surface area contributed by atoms with Crippen molar-refractivity contribution in [1.82, 2.24) is 0 Å². The van der Waals surface area contributed by atoms with Gasteiger partial charge in [-0.2, -0.15) is 0 Å². The van der Waals surface area contributed by atoms with Crippen LogP contribution in [0.3, 0.4) is 0 Å². The van der Waals surface area contributed by atoms with Crippen LogP contribution >= 0.6 is 0 Å². The molecule has 2 aromatic rings. The molecular weight excluding hydrogens is 580 g/mol. The normalized spacial score (nSPS) is 32.6. The van der Waals surface area contributed by atoms with E-state index in [1.165, 1.54) is 18.2 Å². The van der Waals surface area contributed by atoms with Crippen LogP contribution in [-0.2, 0) is 20.8 Å². The number of hydrogen-bond donors (Lipinski definition) is 9. The van der Waals surface area contributed by atoms with Crippen molar-refractivity contribution in [2.75, 3.05) is 20.3 Å². The van der Waals surface area contributed by atoms with Crippen molar-refractivity contribution in [3.05, 3.63) is 47.5 Å². The highest BCUT2D eigenvalue weighted by molar-refractivity contribution is 5.96. The molecule has 2 fully saturated rings. The molecule has 10 atom stereocenters. The van der Waals surface area contributed by atoms with E-state index in [0.29, 0.717) is 0 Å². The molecule has 2 aliphatic heterocycles. The molecule has 0 amide bonds. The third-order valence-corrected chi connectivity index (χ3v) is 7.02. The van der Waals surface area contributed by atoms with E-state index in [-0.39, 0.29) is 22.8 Å². The molecule has 0 aliphatic carbocycles. The Bertz CT molecular complexity index is 1240. The Labute approximate surface area is 244 Å². The second kappa shape index (κ2) is 14.0. The quantitative estimate of drug-likeness (QED) is 0.122. The number of aliphatic hydroxyl groups excluding tert-OH is 8. The number of aromatic hydroxyl groups is 1. The molecule has 9 N–H and O–H groups in total. The molecule has 2 aliphatic rings. The molecule has 2 aromatic carbocycles. The number of hydrogen-bond acceptors (Lipinski definition) is 16. The molecule has 16 heteroatoms. The first-order valence-electron chi connectivity index (χ1n) is 13.1. The van der Waals surface area contributed by atoms with Gasteiger partial charge < -0.3 is 74.4 Å². The van der Waals surface area contributed by atoms with Crippen LogP contribution in [0.1, 0.15) is 15.9 Å². The van der Waals surface area contributed by atoms with Crippen LogP contribution < -0.4 is 14.2 Å². The molecule has 0 radical (unpaired) electrons. The predicted molar refractivity (Wildman–Crippen MR) is 139 cm³/mol. The fourth-order valence-corrected chi connectivity index (χ4v) is 4.58. The first kappa shape index (κ1) is 32.6. The number of ether oxygens (including phenoxy) is 6. The molecule has 0 bridgehead atoms. The number of methoxy groups -OCH3 is 1. The zero-order valence-electron chi connectivity index (χ0n) is 22.7. The van der Waals surface area contributed by atoms with Gasteiger partial charge in [0.1, 0.15) is 72.5 Å². The average molecular weight is 615 g/mol. The number of para-hydroxylation sites is 1. The largest absolute Gasteiger partial charge is 0.507 e. The van der Waals surface area contributed by atoms with Gasteiger partial charge >= 0.3 is 5.97 Å². The first-order chi connectivity index (χ1) is 20.5. The topological polar surface area (TPSA) is 255 Å². The van der Waals surface area contributed by atoms with Crippen LogP contribution in [0, 0.1) is 0 Å². The van der Waals surface area contributed by atoms with Crippen LogP contribution in [-0.4, -0.2) is 134 Å². The highest BCUT2D eigenvalue weighted by atomic mass is 16.7. The number of phenols is 1. The molecule has 4 rings (SSSR count). The summed E-state index contributed by atoms with van der Waals surface area (Å²) in [6, 6.07) is 8.40. The molecule has 0 spiro atoms. The molecule has 0 unspecified atom stereocenters. The highest BCUT2D eigenvalue weighted by Crippen LogP contribution is 2.39. The van der Waals surface area contributed by atoms with Gasteiger partial charge in [-0.05, 0) is 18.2 Å². The van der Waals surface area contributed by atoms with E-state index >= 15 is 0 Å². The third kappa shape index (κ3) is 6.78. The molecule has 0 aromatic heterocycles. The maximum absolute atomic E-state index is 13.1. The fourth-order valence-electron chi connectivity index (χ4n) is 4.58. The summed E-state index contributed by atoms with van der Waals surface area (Å²) in [7, 11) is 1.16. The number of carbonyl (C=O) groups is 1. The van der Waals surface area contributed by atoms with Crippen molar-refractivity contribution >= 4 is 5.97 Å².